The Morgan fingerprint density at radius 2 is 2.00 bits per heavy atom. The van der Waals surface area contributed by atoms with Gasteiger partial charge in [-0.2, -0.15) is 0 Å². The van der Waals surface area contributed by atoms with Crippen molar-refractivity contribution in [3.05, 3.63) is 0 Å². The third-order valence-corrected chi connectivity index (χ3v) is 3.49. The molecule has 0 spiro atoms. The van der Waals surface area contributed by atoms with Crippen molar-refractivity contribution in [3.63, 3.8) is 0 Å². The van der Waals surface area contributed by atoms with Crippen LogP contribution in [0.1, 0.15) is 39.5 Å². The fourth-order valence-corrected chi connectivity index (χ4v) is 1.84. The summed E-state index contributed by atoms with van der Waals surface area (Å²) in [6.07, 6.45) is 3.26. The van der Waals surface area contributed by atoms with E-state index in [1.807, 2.05) is 6.92 Å². The van der Waals surface area contributed by atoms with E-state index < -0.39 is 6.16 Å². The molecule has 0 bridgehead atoms. The van der Waals surface area contributed by atoms with Gasteiger partial charge in [0.05, 0.1) is 6.10 Å². The lowest BCUT2D eigenvalue weighted by Gasteiger charge is -2.22. The van der Waals surface area contributed by atoms with Crippen molar-refractivity contribution in [2.24, 2.45) is 0 Å². The van der Waals surface area contributed by atoms with Gasteiger partial charge in [0.2, 0.25) is 0 Å². The van der Waals surface area contributed by atoms with E-state index >= 15 is 0 Å². The molecular formula is C12H21BrO4. The van der Waals surface area contributed by atoms with Crippen molar-refractivity contribution >= 4 is 22.1 Å². The molecule has 17 heavy (non-hydrogen) atoms. The lowest BCUT2D eigenvalue weighted by Crippen LogP contribution is -2.30. The van der Waals surface area contributed by atoms with Gasteiger partial charge < -0.3 is 14.2 Å². The van der Waals surface area contributed by atoms with E-state index in [1.165, 1.54) is 6.42 Å². The van der Waals surface area contributed by atoms with Gasteiger partial charge in [-0.15, -0.1) is 0 Å². The van der Waals surface area contributed by atoms with Crippen LogP contribution in [0.4, 0.5) is 4.79 Å². The molecule has 0 amide bonds. The molecule has 0 N–H and O–H groups in total. The van der Waals surface area contributed by atoms with Gasteiger partial charge in [-0.3, -0.25) is 0 Å². The van der Waals surface area contributed by atoms with Crippen LogP contribution in [0.5, 0.6) is 0 Å². The predicted molar refractivity (Wildman–Crippen MR) is 68.5 cm³/mol. The summed E-state index contributed by atoms with van der Waals surface area (Å²) in [4.78, 5) is 10.9. The normalized spacial score (nSPS) is 32.2. The highest BCUT2D eigenvalue weighted by Crippen LogP contribution is 2.25. The molecule has 1 unspecified atom stereocenters. The Labute approximate surface area is 111 Å². The maximum Gasteiger partial charge on any atom is 0.509 e. The Balaban J connectivity index is 0.000000317. The van der Waals surface area contributed by atoms with E-state index in [0.717, 1.165) is 31.2 Å². The number of carbonyl (C=O) groups excluding carboxylic acids is 1. The SMILES string of the molecule is CCCBr.C[C@H]1CC2OC(=O)O[C@@H]2CCCO1. The number of alkyl halides is 1. The van der Waals surface area contributed by atoms with Crippen molar-refractivity contribution in [2.45, 2.75) is 57.8 Å². The number of fused-ring (bicyclic) bond motifs is 1. The molecule has 2 heterocycles. The molecule has 2 fully saturated rings. The average Bonchev–Trinajstić information content (AvgIpc) is 2.62. The standard InChI is InChI=1S/C9H14O4.C3H7Br/c1-6-5-8-7(3-2-4-11-6)12-9(10)13-8;1-2-3-4/h6-8H,2-5H2,1H3;2-3H2,1H3/t6-,7+,8?;/m0./s1. The molecule has 0 aromatic carbocycles. The lowest BCUT2D eigenvalue weighted by molar-refractivity contribution is -0.00150. The number of halogens is 1. The van der Waals surface area contributed by atoms with E-state index in [-0.39, 0.29) is 18.3 Å². The molecule has 0 radical (unpaired) electrons. The van der Waals surface area contributed by atoms with Gasteiger partial charge in [-0.1, -0.05) is 22.9 Å². The van der Waals surface area contributed by atoms with Gasteiger partial charge in [0, 0.05) is 18.4 Å². The fraction of sp³-hybridized carbons (Fsp3) is 0.917. The number of hydrogen-bond donors (Lipinski definition) is 0. The zero-order valence-electron chi connectivity index (χ0n) is 10.5. The molecule has 2 aliphatic heterocycles. The third kappa shape index (κ3) is 5.25. The maximum atomic E-state index is 10.9. The predicted octanol–water partition coefficient (Wildman–Crippen LogP) is 3.27. The topological polar surface area (TPSA) is 44.8 Å². The van der Waals surface area contributed by atoms with Crippen LogP contribution in [-0.2, 0) is 14.2 Å². The Hall–Kier alpha value is -0.290. The van der Waals surface area contributed by atoms with Crippen LogP contribution in [0.3, 0.4) is 0 Å². The summed E-state index contributed by atoms with van der Waals surface area (Å²) in [7, 11) is 0. The highest BCUT2D eigenvalue weighted by Gasteiger charge is 2.38. The van der Waals surface area contributed by atoms with Crippen molar-refractivity contribution in [1.82, 2.24) is 0 Å². The van der Waals surface area contributed by atoms with E-state index in [0.29, 0.717) is 0 Å². The molecular weight excluding hydrogens is 288 g/mol. The van der Waals surface area contributed by atoms with Crippen LogP contribution in [0, 0.1) is 0 Å². The summed E-state index contributed by atoms with van der Waals surface area (Å²) in [6.45, 7) is 4.88. The number of carbonyl (C=O) groups is 1. The van der Waals surface area contributed by atoms with E-state index in [4.69, 9.17) is 14.2 Å². The van der Waals surface area contributed by atoms with E-state index in [1.54, 1.807) is 0 Å². The second-order valence-electron chi connectivity index (χ2n) is 4.31. The number of rotatable bonds is 1. The fourth-order valence-electron chi connectivity index (χ4n) is 1.84. The maximum absolute atomic E-state index is 10.9. The van der Waals surface area contributed by atoms with Gasteiger partial charge in [0.25, 0.3) is 0 Å². The van der Waals surface area contributed by atoms with E-state index in [2.05, 4.69) is 22.9 Å². The van der Waals surface area contributed by atoms with E-state index in [9.17, 15) is 4.79 Å². The summed E-state index contributed by atoms with van der Waals surface area (Å²) in [5.41, 5.74) is 0. The van der Waals surface area contributed by atoms with Crippen LogP contribution in [0.25, 0.3) is 0 Å². The molecule has 2 rings (SSSR count). The van der Waals surface area contributed by atoms with Crippen molar-refractivity contribution in [2.75, 3.05) is 11.9 Å². The van der Waals surface area contributed by atoms with Gasteiger partial charge in [0.15, 0.2) is 0 Å². The first-order valence-corrected chi connectivity index (χ1v) is 7.34. The second-order valence-corrected chi connectivity index (χ2v) is 5.10. The molecule has 0 aliphatic carbocycles. The average molecular weight is 309 g/mol. The highest BCUT2D eigenvalue weighted by molar-refractivity contribution is 9.09. The summed E-state index contributed by atoms with van der Waals surface area (Å²) in [5, 5.41) is 1.13. The first-order chi connectivity index (χ1) is 8.17. The second kappa shape index (κ2) is 7.93. The zero-order chi connectivity index (χ0) is 12.7. The van der Waals surface area contributed by atoms with Gasteiger partial charge >= 0.3 is 6.16 Å². The molecule has 5 heteroatoms. The molecule has 3 atom stereocenters. The molecule has 4 nitrogen and oxygen atoms in total. The minimum atomic E-state index is -0.524. The number of ether oxygens (including phenoxy) is 3. The minimum Gasteiger partial charge on any atom is -0.427 e. The van der Waals surface area contributed by atoms with Gasteiger partial charge in [-0.05, 0) is 26.2 Å². The summed E-state index contributed by atoms with van der Waals surface area (Å²) < 4.78 is 15.5. The Kier molecular flexibility index (Phi) is 6.89. The summed E-state index contributed by atoms with van der Waals surface area (Å²) in [6, 6.07) is 0. The smallest absolute Gasteiger partial charge is 0.427 e. The first kappa shape index (κ1) is 14.8. The number of hydrogen-bond acceptors (Lipinski definition) is 4. The van der Waals surface area contributed by atoms with Gasteiger partial charge in [-0.25, -0.2) is 4.79 Å². The van der Waals surface area contributed by atoms with Crippen LogP contribution in [0.15, 0.2) is 0 Å². The first-order valence-electron chi connectivity index (χ1n) is 6.22. The van der Waals surface area contributed by atoms with Crippen molar-refractivity contribution in [1.29, 1.82) is 0 Å². The van der Waals surface area contributed by atoms with Gasteiger partial charge in [0.1, 0.15) is 12.2 Å². The van der Waals surface area contributed by atoms with Crippen LogP contribution < -0.4 is 0 Å². The summed E-state index contributed by atoms with van der Waals surface area (Å²) in [5.74, 6) is 0. The molecule has 0 saturated carbocycles. The molecule has 0 aromatic rings. The zero-order valence-corrected chi connectivity index (χ0v) is 12.1. The quantitative estimate of drug-likeness (QED) is 0.551. The Bertz CT molecular complexity index is 233. The van der Waals surface area contributed by atoms with Crippen LogP contribution in [0.2, 0.25) is 0 Å². The highest BCUT2D eigenvalue weighted by atomic mass is 79.9. The van der Waals surface area contributed by atoms with Crippen molar-refractivity contribution in [3.8, 4) is 0 Å². The Morgan fingerprint density at radius 1 is 1.35 bits per heavy atom. The summed E-state index contributed by atoms with van der Waals surface area (Å²) >= 11 is 3.25. The third-order valence-electron chi connectivity index (χ3n) is 2.70. The Morgan fingerprint density at radius 3 is 2.65 bits per heavy atom. The van der Waals surface area contributed by atoms with Crippen LogP contribution in [-0.4, -0.2) is 36.4 Å². The van der Waals surface area contributed by atoms with Crippen LogP contribution >= 0.6 is 15.9 Å². The largest absolute Gasteiger partial charge is 0.509 e. The van der Waals surface area contributed by atoms with Crippen molar-refractivity contribution < 1.29 is 19.0 Å². The molecule has 0 aromatic heterocycles. The molecule has 100 valence electrons. The molecule has 2 aliphatic rings. The monoisotopic (exact) mass is 308 g/mol. The molecule has 2 saturated heterocycles. The minimum absolute atomic E-state index is 0.0427. The lowest BCUT2D eigenvalue weighted by atomic mass is 10.0.